The van der Waals surface area contributed by atoms with Crippen LogP contribution >= 0.6 is 0 Å². The Hall–Kier alpha value is -4.41. The summed E-state index contributed by atoms with van der Waals surface area (Å²) in [7, 11) is 1.78. The van der Waals surface area contributed by atoms with Gasteiger partial charge in [0.05, 0.1) is 5.56 Å². The standard InChI is InChI=1S/C18H14N8O3/c1-26(10-6-3-2-4-7-10)18-23-13(22-17(19)24-18)14-21-15(29-25-14)12-11(16(27)28)8-5-9-20-12/h2-9H,1H3,(H,27,28)(H2,19,22,23,24). The van der Waals surface area contributed by atoms with Crippen LogP contribution in [0.5, 0.6) is 0 Å². The SMILES string of the molecule is CN(c1ccccc1)c1nc(N)nc(-c2noc(-c3ncccc3C(=O)O)n2)n1. The lowest BCUT2D eigenvalue weighted by molar-refractivity contribution is 0.0697. The van der Waals surface area contributed by atoms with Gasteiger partial charge in [-0.3, -0.25) is 4.98 Å². The minimum Gasteiger partial charge on any atom is -0.478 e. The van der Waals surface area contributed by atoms with Gasteiger partial charge in [-0.15, -0.1) is 0 Å². The Morgan fingerprint density at radius 3 is 2.59 bits per heavy atom. The van der Waals surface area contributed by atoms with E-state index in [0.29, 0.717) is 0 Å². The van der Waals surface area contributed by atoms with Crippen molar-refractivity contribution in [2.24, 2.45) is 0 Å². The van der Waals surface area contributed by atoms with Crippen LogP contribution in [0.3, 0.4) is 0 Å². The summed E-state index contributed by atoms with van der Waals surface area (Å²) in [6, 6.07) is 12.3. The second kappa shape index (κ2) is 7.31. The van der Waals surface area contributed by atoms with Crippen molar-refractivity contribution < 1.29 is 14.4 Å². The van der Waals surface area contributed by atoms with Crippen molar-refractivity contribution in [3.63, 3.8) is 0 Å². The van der Waals surface area contributed by atoms with Gasteiger partial charge in [0.15, 0.2) is 0 Å². The molecule has 3 aromatic heterocycles. The molecular formula is C18H14N8O3. The van der Waals surface area contributed by atoms with Crippen molar-refractivity contribution in [2.75, 3.05) is 17.7 Å². The molecule has 0 atom stereocenters. The van der Waals surface area contributed by atoms with Crippen LogP contribution in [0.1, 0.15) is 10.4 Å². The van der Waals surface area contributed by atoms with Gasteiger partial charge in [-0.1, -0.05) is 23.4 Å². The molecule has 11 heteroatoms. The lowest BCUT2D eigenvalue weighted by Crippen LogP contribution is -2.15. The molecule has 0 fully saturated rings. The molecule has 0 bridgehead atoms. The van der Waals surface area contributed by atoms with E-state index in [0.717, 1.165) is 5.69 Å². The first-order valence-corrected chi connectivity index (χ1v) is 8.36. The number of aromatic nitrogens is 6. The first kappa shape index (κ1) is 18.0. The van der Waals surface area contributed by atoms with Gasteiger partial charge < -0.3 is 20.3 Å². The van der Waals surface area contributed by atoms with Crippen LogP contribution in [0, 0.1) is 0 Å². The molecule has 29 heavy (non-hydrogen) atoms. The molecule has 0 amide bonds. The molecule has 0 saturated heterocycles. The van der Waals surface area contributed by atoms with Crippen molar-refractivity contribution in [3.05, 3.63) is 54.2 Å². The van der Waals surface area contributed by atoms with Gasteiger partial charge >= 0.3 is 5.97 Å². The van der Waals surface area contributed by atoms with Crippen molar-refractivity contribution >= 4 is 23.6 Å². The minimum absolute atomic E-state index is 0.0248. The number of carboxylic acid groups (broad SMARTS) is 1. The molecule has 0 unspecified atom stereocenters. The number of aromatic carboxylic acids is 1. The molecule has 4 rings (SSSR count). The molecule has 0 saturated carbocycles. The summed E-state index contributed by atoms with van der Waals surface area (Å²) in [5.41, 5.74) is 6.65. The van der Waals surface area contributed by atoms with Crippen molar-refractivity contribution in [3.8, 4) is 23.2 Å². The number of carboxylic acids is 1. The number of nitrogens with two attached hydrogens (primary N) is 1. The topological polar surface area (TPSA) is 157 Å². The van der Waals surface area contributed by atoms with Crippen LogP contribution in [0.4, 0.5) is 17.6 Å². The zero-order valence-electron chi connectivity index (χ0n) is 15.1. The Balaban J connectivity index is 1.72. The highest BCUT2D eigenvalue weighted by Gasteiger charge is 2.21. The molecular weight excluding hydrogens is 376 g/mol. The molecule has 1 aromatic carbocycles. The van der Waals surface area contributed by atoms with E-state index in [9.17, 15) is 9.90 Å². The molecule has 0 aliphatic carbocycles. The Labute approximate surface area is 163 Å². The summed E-state index contributed by atoms with van der Waals surface area (Å²) < 4.78 is 5.18. The van der Waals surface area contributed by atoms with Gasteiger partial charge in [-0.05, 0) is 24.3 Å². The number of hydrogen-bond donors (Lipinski definition) is 2. The fraction of sp³-hybridized carbons (Fsp3) is 0.0556. The minimum atomic E-state index is -1.16. The van der Waals surface area contributed by atoms with Gasteiger partial charge in [0.25, 0.3) is 5.89 Å². The largest absolute Gasteiger partial charge is 0.478 e. The number of nitrogen functional groups attached to an aromatic ring is 1. The van der Waals surface area contributed by atoms with E-state index in [2.05, 4.69) is 30.1 Å². The van der Waals surface area contributed by atoms with Gasteiger partial charge in [0, 0.05) is 18.9 Å². The van der Waals surface area contributed by atoms with Gasteiger partial charge in [-0.2, -0.15) is 19.9 Å². The van der Waals surface area contributed by atoms with Crippen LogP contribution in [0.2, 0.25) is 0 Å². The molecule has 144 valence electrons. The highest BCUT2D eigenvalue weighted by Crippen LogP contribution is 2.25. The lowest BCUT2D eigenvalue weighted by atomic mass is 10.2. The summed E-state index contributed by atoms with van der Waals surface area (Å²) in [4.78, 5) is 33.8. The summed E-state index contributed by atoms with van der Waals surface area (Å²) >= 11 is 0. The maximum Gasteiger partial charge on any atom is 0.338 e. The van der Waals surface area contributed by atoms with E-state index in [1.807, 2.05) is 30.3 Å². The average molecular weight is 390 g/mol. The first-order chi connectivity index (χ1) is 14.0. The fourth-order valence-electron chi connectivity index (χ4n) is 2.56. The smallest absolute Gasteiger partial charge is 0.338 e. The fourth-order valence-corrected chi connectivity index (χ4v) is 2.56. The van der Waals surface area contributed by atoms with Crippen LogP contribution in [-0.2, 0) is 0 Å². The van der Waals surface area contributed by atoms with E-state index < -0.39 is 5.97 Å². The number of pyridine rings is 1. The zero-order valence-corrected chi connectivity index (χ0v) is 15.1. The van der Waals surface area contributed by atoms with Crippen LogP contribution < -0.4 is 10.6 Å². The third-order valence-electron chi connectivity index (χ3n) is 3.95. The lowest BCUT2D eigenvalue weighted by Gasteiger charge is -2.17. The van der Waals surface area contributed by atoms with E-state index in [-0.39, 0.29) is 40.7 Å². The normalized spacial score (nSPS) is 10.7. The third-order valence-corrected chi connectivity index (χ3v) is 3.95. The zero-order chi connectivity index (χ0) is 20.4. The van der Waals surface area contributed by atoms with Crippen molar-refractivity contribution in [2.45, 2.75) is 0 Å². The Kier molecular flexibility index (Phi) is 4.53. The second-order valence-electron chi connectivity index (χ2n) is 5.84. The van der Waals surface area contributed by atoms with E-state index in [1.54, 1.807) is 11.9 Å². The number of para-hydroxylation sites is 1. The van der Waals surface area contributed by atoms with Gasteiger partial charge in [0.2, 0.25) is 23.5 Å². The highest BCUT2D eigenvalue weighted by atomic mass is 16.5. The number of hydrogen-bond acceptors (Lipinski definition) is 10. The van der Waals surface area contributed by atoms with Crippen LogP contribution in [-0.4, -0.2) is 48.2 Å². The summed E-state index contributed by atoms with van der Waals surface area (Å²) in [5.74, 6) is -0.867. The van der Waals surface area contributed by atoms with E-state index in [4.69, 9.17) is 10.3 Å². The molecule has 0 aliphatic rings. The third kappa shape index (κ3) is 3.56. The molecule has 0 aliphatic heterocycles. The van der Waals surface area contributed by atoms with Crippen molar-refractivity contribution in [1.82, 2.24) is 30.1 Å². The number of carbonyl (C=O) groups is 1. The Bertz CT molecular complexity index is 1180. The monoisotopic (exact) mass is 390 g/mol. The molecule has 3 heterocycles. The molecule has 0 spiro atoms. The van der Waals surface area contributed by atoms with E-state index >= 15 is 0 Å². The number of nitrogens with zero attached hydrogens (tertiary/aromatic N) is 7. The molecule has 0 radical (unpaired) electrons. The summed E-state index contributed by atoms with van der Waals surface area (Å²) in [6.07, 6.45) is 1.43. The maximum atomic E-state index is 11.4. The predicted molar refractivity (Wildman–Crippen MR) is 102 cm³/mol. The van der Waals surface area contributed by atoms with E-state index in [1.165, 1.54) is 18.3 Å². The first-order valence-electron chi connectivity index (χ1n) is 8.36. The Morgan fingerprint density at radius 1 is 1.03 bits per heavy atom. The van der Waals surface area contributed by atoms with Crippen LogP contribution in [0.15, 0.2) is 53.2 Å². The van der Waals surface area contributed by atoms with Crippen LogP contribution in [0.25, 0.3) is 23.2 Å². The van der Waals surface area contributed by atoms with Gasteiger partial charge in [0.1, 0.15) is 5.69 Å². The maximum absolute atomic E-state index is 11.4. The number of benzene rings is 1. The Morgan fingerprint density at radius 2 is 1.83 bits per heavy atom. The molecule has 3 N–H and O–H groups in total. The van der Waals surface area contributed by atoms with Gasteiger partial charge in [-0.25, -0.2) is 4.79 Å². The van der Waals surface area contributed by atoms with Crippen molar-refractivity contribution in [1.29, 1.82) is 0 Å². The second-order valence-corrected chi connectivity index (χ2v) is 5.84. The molecule has 4 aromatic rings. The summed E-state index contributed by atoms with van der Waals surface area (Å²) in [5, 5.41) is 13.1. The predicted octanol–water partition coefficient (Wildman–Crippen LogP) is 2.03. The quantitative estimate of drug-likeness (QED) is 0.513. The summed E-state index contributed by atoms with van der Waals surface area (Å²) in [6.45, 7) is 0. The average Bonchev–Trinajstić information content (AvgIpc) is 3.23. The number of anilines is 3. The number of rotatable bonds is 5. The molecule has 11 nitrogen and oxygen atoms in total. The highest BCUT2D eigenvalue weighted by molar-refractivity contribution is 5.93.